The average Bonchev–Trinajstić information content (AvgIpc) is 3.39. The van der Waals surface area contributed by atoms with Crippen molar-refractivity contribution in [1.82, 2.24) is 10.3 Å². The van der Waals surface area contributed by atoms with Crippen LogP contribution in [-0.4, -0.2) is 35.3 Å². The number of pyridine rings is 1. The fraction of sp³-hybridized carbons (Fsp3) is 0.625. The van der Waals surface area contributed by atoms with Crippen LogP contribution in [0.1, 0.15) is 42.5 Å². The minimum absolute atomic E-state index is 0.0771. The molecule has 114 valence electrons. The van der Waals surface area contributed by atoms with Gasteiger partial charge < -0.3 is 15.2 Å². The Labute approximate surface area is 124 Å². The van der Waals surface area contributed by atoms with Crippen LogP contribution in [0.3, 0.4) is 0 Å². The molecule has 3 rings (SSSR count). The molecule has 1 heterocycles. The fourth-order valence-corrected chi connectivity index (χ4v) is 2.40. The Kier molecular flexibility index (Phi) is 4.39. The molecule has 1 amide bonds. The lowest BCUT2D eigenvalue weighted by Gasteiger charge is -2.17. The molecule has 2 aliphatic rings. The van der Waals surface area contributed by atoms with Gasteiger partial charge in [-0.05, 0) is 50.0 Å². The molecule has 1 unspecified atom stereocenters. The van der Waals surface area contributed by atoms with E-state index in [1.807, 2.05) is 0 Å². The van der Waals surface area contributed by atoms with Gasteiger partial charge in [0.1, 0.15) is 0 Å². The fourth-order valence-electron chi connectivity index (χ4n) is 2.40. The lowest BCUT2D eigenvalue weighted by Crippen LogP contribution is -2.37. The molecular weight excluding hydrogens is 268 g/mol. The van der Waals surface area contributed by atoms with Crippen LogP contribution in [0.5, 0.6) is 5.88 Å². The first-order valence-electron chi connectivity index (χ1n) is 7.77. The van der Waals surface area contributed by atoms with Crippen molar-refractivity contribution in [3.8, 4) is 5.88 Å². The second kappa shape index (κ2) is 6.43. The van der Waals surface area contributed by atoms with Crippen LogP contribution in [0.15, 0.2) is 18.3 Å². The Balaban J connectivity index is 1.53. The third-order valence-corrected chi connectivity index (χ3v) is 4.11. The van der Waals surface area contributed by atoms with E-state index in [-0.39, 0.29) is 18.6 Å². The summed E-state index contributed by atoms with van der Waals surface area (Å²) in [7, 11) is 0. The summed E-state index contributed by atoms with van der Waals surface area (Å²) in [4.78, 5) is 16.4. The smallest absolute Gasteiger partial charge is 0.253 e. The summed E-state index contributed by atoms with van der Waals surface area (Å²) < 4.78 is 5.56. The quantitative estimate of drug-likeness (QED) is 0.765. The minimum atomic E-state index is -0.124. The second-order valence-corrected chi connectivity index (χ2v) is 6.07. The normalized spacial score (nSPS) is 19.1. The maximum absolute atomic E-state index is 12.2. The number of hydrogen-bond acceptors (Lipinski definition) is 4. The van der Waals surface area contributed by atoms with Gasteiger partial charge in [-0.25, -0.2) is 4.98 Å². The molecule has 1 atom stereocenters. The van der Waals surface area contributed by atoms with E-state index in [2.05, 4.69) is 10.3 Å². The summed E-state index contributed by atoms with van der Waals surface area (Å²) in [6, 6.07) is 3.57. The zero-order chi connectivity index (χ0) is 14.7. The number of carbonyl (C=O) groups is 1. The van der Waals surface area contributed by atoms with E-state index in [0.717, 1.165) is 19.4 Å². The van der Waals surface area contributed by atoms with Crippen molar-refractivity contribution < 1.29 is 14.6 Å². The molecule has 2 N–H and O–H groups in total. The topological polar surface area (TPSA) is 71.5 Å². The van der Waals surface area contributed by atoms with Gasteiger partial charge in [0.05, 0.1) is 12.2 Å². The molecule has 0 bridgehead atoms. The molecule has 0 aliphatic heterocycles. The standard InChI is InChI=1S/C16H22N2O3/c19-8-7-14(12-3-4-12)18-16(20)13-5-6-15(17-9-13)21-10-11-1-2-11/h5-6,9,11-12,14,19H,1-4,7-8,10H2,(H,18,20). The summed E-state index contributed by atoms with van der Waals surface area (Å²) in [6.45, 7) is 0.826. The summed E-state index contributed by atoms with van der Waals surface area (Å²) >= 11 is 0. The Hall–Kier alpha value is -1.62. The number of nitrogens with zero attached hydrogens (tertiary/aromatic N) is 1. The van der Waals surface area contributed by atoms with Gasteiger partial charge in [0, 0.05) is 24.9 Å². The molecule has 21 heavy (non-hydrogen) atoms. The monoisotopic (exact) mass is 290 g/mol. The van der Waals surface area contributed by atoms with Gasteiger partial charge in [-0.1, -0.05) is 0 Å². The molecule has 1 aromatic rings. The molecule has 0 saturated heterocycles. The van der Waals surface area contributed by atoms with E-state index in [9.17, 15) is 4.79 Å². The molecule has 0 aromatic carbocycles. The third-order valence-electron chi connectivity index (χ3n) is 4.11. The predicted octanol–water partition coefficient (Wildman–Crippen LogP) is 1.76. The molecule has 0 spiro atoms. The largest absolute Gasteiger partial charge is 0.477 e. The second-order valence-electron chi connectivity index (χ2n) is 6.07. The first-order valence-corrected chi connectivity index (χ1v) is 7.77. The van der Waals surface area contributed by atoms with E-state index in [1.54, 1.807) is 18.3 Å². The van der Waals surface area contributed by atoms with Crippen LogP contribution < -0.4 is 10.1 Å². The molecule has 2 saturated carbocycles. The van der Waals surface area contributed by atoms with Crippen molar-refractivity contribution >= 4 is 5.91 Å². The highest BCUT2D eigenvalue weighted by molar-refractivity contribution is 5.94. The van der Waals surface area contributed by atoms with Gasteiger partial charge in [0.25, 0.3) is 5.91 Å². The summed E-state index contributed by atoms with van der Waals surface area (Å²) in [5.41, 5.74) is 0.539. The van der Waals surface area contributed by atoms with Crippen LogP contribution >= 0.6 is 0 Å². The van der Waals surface area contributed by atoms with Crippen LogP contribution in [0.4, 0.5) is 0 Å². The van der Waals surface area contributed by atoms with Crippen LogP contribution in [0.2, 0.25) is 0 Å². The molecule has 0 radical (unpaired) electrons. The first kappa shape index (κ1) is 14.3. The van der Waals surface area contributed by atoms with Gasteiger partial charge in [0.15, 0.2) is 0 Å². The maximum Gasteiger partial charge on any atom is 0.253 e. The number of aliphatic hydroxyl groups is 1. The Bertz CT molecular complexity index is 481. The summed E-state index contributed by atoms with van der Waals surface area (Å²) in [6.07, 6.45) is 6.93. The Morgan fingerprint density at radius 3 is 2.76 bits per heavy atom. The van der Waals surface area contributed by atoms with Gasteiger partial charge in [0.2, 0.25) is 5.88 Å². The van der Waals surface area contributed by atoms with Crippen molar-refractivity contribution in [2.75, 3.05) is 13.2 Å². The number of hydrogen-bond donors (Lipinski definition) is 2. The molecule has 5 nitrogen and oxygen atoms in total. The number of carbonyl (C=O) groups excluding carboxylic acids is 1. The van der Waals surface area contributed by atoms with E-state index in [4.69, 9.17) is 9.84 Å². The molecule has 1 aromatic heterocycles. The van der Waals surface area contributed by atoms with Crippen LogP contribution in [0.25, 0.3) is 0 Å². The maximum atomic E-state index is 12.2. The Morgan fingerprint density at radius 1 is 1.38 bits per heavy atom. The van der Waals surface area contributed by atoms with Gasteiger partial charge >= 0.3 is 0 Å². The van der Waals surface area contributed by atoms with E-state index in [1.165, 1.54) is 12.8 Å². The van der Waals surface area contributed by atoms with Crippen LogP contribution in [-0.2, 0) is 0 Å². The van der Waals surface area contributed by atoms with Gasteiger partial charge in [-0.15, -0.1) is 0 Å². The van der Waals surface area contributed by atoms with E-state index < -0.39 is 0 Å². The number of nitrogens with one attached hydrogen (secondary N) is 1. The van der Waals surface area contributed by atoms with Crippen molar-refractivity contribution in [2.45, 2.75) is 38.1 Å². The highest BCUT2D eigenvalue weighted by Crippen LogP contribution is 2.34. The van der Waals surface area contributed by atoms with Crippen LogP contribution in [0, 0.1) is 11.8 Å². The lowest BCUT2D eigenvalue weighted by atomic mass is 10.1. The zero-order valence-corrected chi connectivity index (χ0v) is 12.1. The van der Waals surface area contributed by atoms with Crippen molar-refractivity contribution in [1.29, 1.82) is 0 Å². The Morgan fingerprint density at radius 2 is 2.19 bits per heavy atom. The van der Waals surface area contributed by atoms with E-state index >= 15 is 0 Å². The summed E-state index contributed by atoms with van der Waals surface area (Å²) in [5.74, 6) is 1.66. The highest BCUT2D eigenvalue weighted by Gasteiger charge is 2.32. The van der Waals surface area contributed by atoms with Gasteiger partial charge in [-0.2, -0.15) is 0 Å². The highest BCUT2D eigenvalue weighted by atomic mass is 16.5. The lowest BCUT2D eigenvalue weighted by molar-refractivity contribution is 0.0924. The number of rotatable bonds is 8. The van der Waals surface area contributed by atoms with Gasteiger partial charge in [-0.3, -0.25) is 4.79 Å². The number of aliphatic hydroxyl groups excluding tert-OH is 1. The molecular formula is C16H22N2O3. The summed E-state index contributed by atoms with van der Waals surface area (Å²) in [5, 5.41) is 12.1. The SMILES string of the molecule is O=C(NC(CCO)C1CC1)c1ccc(OCC2CC2)nc1. The average molecular weight is 290 g/mol. The molecule has 5 heteroatoms. The molecule has 2 aliphatic carbocycles. The number of amides is 1. The zero-order valence-electron chi connectivity index (χ0n) is 12.1. The molecule has 2 fully saturated rings. The predicted molar refractivity (Wildman–Crippen MR) is 78.1 cm³/mol. The number of ether oxygens (including phenoxy) is 1. The minimum Gasteiger partial charge on any atom is -0.477 e. The van der Waals surface area contributed by atoms with Crippen molar-refractivity contribution in [3.05, 3.63) is 23.9 Å². The van der Waals surface area contributed by atoms with Crippen molar-refractivity contribution in [3.63, 3.8) is 0 Å². The third kappa shape index (κ3) is 4.17. The van der Waals surface area contributed by atoms with E-state index in [0.29, 0.717) is 29.7 Å². The number of aromatic nitrogens is 1. The first-order chi connectivity index (χ1) is 10.3. The van der Waals surface area contributed by atoms with Crippen molar-refractivity contribution in [2.24, 2.45) is 11.8 Å².